The topological polar surface area (TPSA) is 38.5 Å². The quantitative estimate of drug-likeness (QED) is 0.866. The van der Waals surface area contributed by atoms with Crippen molar-refractivity contribution < 1.29 is 4.74 Å². The Balaban J connectivity index is 1.52. The smallest absolute Gasteiger partial charge is 0.119 e. The van der Waals surface area contributed by atoms with Crippen molar-refractivity contribution in [3.63, 3.8) is 0 Å². The lowest BCUT2D eigenvalue weighted by Gasteiger charge is -2.21. The molecule has 20 heavy (non-hydrogen) atoms. The van der Waals surface area contributed by atoms with Crippen molar-refractivity contribution in [3.05, 3.63) is 29.8 Å². The summed E-state index contributed by atoms with van der Waals surface area (Å²) in [5, 5.41) is 0. The molecule has 0 aromatic heterocycles. The average Bonchev–Trinajstić information content (AvgIpc) is 3.23. The lowest BCUT2D eigenvalue weighted by atomic mass is 10.1. The van der Waals surface area contributed by atoms with Gasteiger partial charge in [-0.3, -0.25) is 4.90 Å². The lowest BCUT2D eigenvalue weighted by Crippen LogP contribution is -2.27. The van der Waals surface area contributed by atoms with Crippen LogP contribution in [0.2, 0.25) is 0 Å². The molecule has 1 aromatic carbocycles. The molecule has 1 aromatic rings. The van der Waals surface area contributed by atoms with E-state index in [0.717, 1.165) is 37.9 Å². The van der Waals surface area contributed by atoms with Crippen molar-refractivity contribution in [3.8, 4) is 5.75 Å². The standard InChI is InChI=1S/C17H26N2O/c1-13-8-16(9-18)11-19(13)10-14-4-6-17(7-5-14)20-12-15-2-3-15/h4-7,13,15-16H,2-3,8-12,18H2,1H3. The monoisotopic (exact) mass is 274 g/mol. The lowest BCUT2D eigenvalue weighted by molar-refractivity contribution is 0.255. The van der Waals surface area contributed by atoms with Gasteiger partial charge in [0.05, 0.1) is 6.61 Å². The molecule has 0 bridgehead atoms. The van der Waals surface area contributed by atoms with Gasteiger partial charge in [-0.05, 0) is 62.3 Å². The SMILES string of the molecule is CC1CC(CN)CN1Cc1ccc(OCC2CC2)cc1. The molecule has 1 aliphatic heterocycles. The van der Waals surface area contributed by atoms with Crippen LogP contribution in [0.5, 0.6) is 5.75 Å². The van der Waals surface area contributed by atoms with Crippen molar-refractivity contribution in [1.29, 1.82) is 0 Å². The summed E-state index contributed by atoms with van der Waals surface area (Å²) in [5.74, 6) is 2.49. The predicted molar refractivity (Wildman–Crippen MR) is 81.7 cm³/mol. The molecule has 1 saturated heterocycles. The summed E-state index contributed by atoms with van der Waals surface area (Å²) in [7, 11) is 0. The number of hydrogen-bond donors (Lipinski definition) is 1. The molecule has 2 aliphatic rings. The fraction of sp³-hybridized carbons (Fsp3) is 0.647. The number of likely N-dealkylation sites (tertiary alicyclic amines) is 1. The Labute approximate surface area is 122 Å². The number of rotatable bonds is 6. The summed E-state index contributed by atoms with van der Waals surface area (Å²) in [5.41, 5.74) is 7.16. The summed E-state index contributed by atoms with van der Waals surface area (Å²) in [4.78, 5) is 2.54. The normalized spacial score (nSPS) is 26.9. The second kappa shape index (κ2) is 6.15. The molecule has 3 heteroatoms. The molecule has 0 amide bonds. The molecule has 1 saturated carbocycles. The molecular formula is C17H26N2O. The Hall–Kier alpha value is -1.06. The van der Waals surface area contributed by atoms with Gasteiger partial charge in [-0.2, -0.15) is 0 Å². The van der Waals surface area contributed by atoms with Crippen LogP contribution in [0.15, 0.2) is 24.3 Å². The minimum absolute atomic E-state index is 0.648. The molecule has 1 heterocycles. The van der Waals surface area contributed by atoms with Crippen LogP contribution < -0.4 is 10.5 Å². The fourth-order valence-corrected chi connectivity index (χ4v) is 3.03. The second-order valence-electron chi connectivity index (χ2n) is 6.51. The molecule has 110 valence electrons. The molecule has 1 aliphatic carbocycles. The molecule has 2 N–H and O–H groups in total. The third-order valence-corrected chi connectivity index (χ3v) is 4.62. The highest BCUT2D eigenvalue weighted by Gasteiger charge is 2.27. The highest BCUT2D eigenvalue weighted by molar-refractivity contribution is 5.27. The summed E-state index contributed by atoms with van der Waals surface area (Å²) in [6.45, 7) is 6.18. The van der Waals surface area contributed by atoms with Crippen LogP contribution in [0, 0.1) is 11.8 Å². The average molecular weight is 274 g/mol. The molecule has 2 atom stereocenters. The minimum Gasteiger partial charge on any atom is -0.493 e. The fourth-order valence-electron chi connectivity index (χ4n) is 3.03. The molecule has 0 spiro atoms. The van der Waals surface area contributed by atoms with E-state index in [-0.39, 0.29) is 0 Å². The first kappa shape index (κ1) is 13.9. The summed E-state index contributed by atoms with van der Waals surface area (Å²) in [6.07, 6.45) is 3.92. The summed E-state index contributed by atoms with van der Waals surface area (Å²) >= 11 is 0. The zero-order chi connectivity index (χ0) is 13.9. The van der Waals surface area contributed by atoms with Crippen LogP contribution in [-0.4, -0.2) is 30.6 Å². The molecule has 2 fully saturated rings. The van der Waals surface area contributed by atoms with Crippen molar-refractivity contribution >= 4 is 0 Å². The molecular weight excluding hydrogens is 248 g/mol. The van der Waals surface area contributed by atoms with Crippen LogP contribution in [0.1, 0.15) is 31.7 Å². The molecule has 2 unspecified atom stereocenters. The third-order valence-electron chi connectivity index (χ3n) is 4.62. The van der Waals surface area contributed by atoms with Gasteiger partial charge in [-0.1, -0.05) is 12.1 Å². The molecule has 3 rings (SSSR count). The number of nitrogens with two attached hydrogens (primary N) is 1. The second-order valence-corrected chi connectivity index (χ2v) is 6.51. The first-order valence-electron chi connectivity index (χ1n) is 7.90. The first-order chi connectivity index (χ1) is 9.74. The van der Waals surface area contributed by atoms with Gasteiger partial charge in [-0.15, -0.1) is 0 Å². The summed E-state index contributed by atoms with van der Waals surface area (Å²) in [6, 6.07) is 9.27. The van der Waals surface area contributed by atoms with Gasteiger partial charge < -0.3 is 10.5 Å². The van der Waals surface area contributed by atoms with E-state index in [0.29, 0.717) is 12.0 Å². The Morgan fingerprint density at radius 3 is 2.55 bits per heavy atom. The van der Waals surface area contributed by atoms with Gasteiger partial charge >= 0.3 is 0 Å². The highest BCUT2D eigenvalue weighted by Crippen LogP contribution is 2.30. The van der Waals surface area contributed by atoms with E-state index in [1.54, 1.807) is 0 Å². The first-order valence-corrected chi connectivity index (χ1v) is 7.90. The maximum absolute atomic E-state index is 5.79. The highest BCUT2D eigenvalue weighted by atomic mass is 16.5. The van der Waals surface area contributed by atoms with Gasteiger partial charge in [0.1, 0.15) is 5.75 Å². The van der Waals surface area contributed by atoms with Gasteiger partial charge in [-0.25, -0.2) is 0 Å². The van der Waals surface area contributed by atoms with Crippen molar-refractivity contribution in [2.75, 3.05) is 19.7 Å². The van der Waals surface area contributed by atoms with Crippen molar-refractivity contribution in [2.45, 2.75) is 38.8 Å². The van der Waals surface area contributed by atoms with Crippen LogP contribution >= 0.6 is 0 Å². The van der Waals surface area contributed by atoms with E-state index in [4.69, 9.17) is 10.5 Å². The van der Waals surface area contributed by atoms with Gasteiger partial charge in [0.2, 0.25) is 0 Å². The molecule has 3 nitrogen and oxygen atoms in total. The number of hydrogen-bond acceptors (Lipinski definition) is 3. The zero-order valence-corrected chi connectivity index (χ0v) is 12.4. The maximum atomic E-state index is 5.79. The van der Waals surface area contributed by atoms with Gasteiger partial charge in [0, 0.05) is 19.1 Å². The number of ether oxygens (including phenoxy) is 1. The van der Waals surface area contributed by atoms with E-state index >= 15 is 0 Å². The van der Waals surface area contributed by atoms with Crippen molar-refractivity contribution in [2.24, 2.45) is 17.6 Å². The Morgan fingerprint density at radius 2 is 1.95 bits per heavy atom. The van der Waals surface area contributed by atoms with Gasteiger partial charge in [0.25, 0.3) is 0 Å². The van der Waals surface area contributed by atoms with E-state index in [1.807, 2.05) is 0 Å². The third kappa shape index (κ3) is 3.53. The van der Waals surface area contributed by atoms with E-state index in [1.165, 1.54) is 24.8 Å². The Kier molecular flexibility index (Phi) is 4.27. The van der Waals surface area contributed by atoms with Crippen LogP contribution in [0.25, 0.3) is 0 Å². The van der Waals surface area contributed by atoms with Crippen LogP contribution in [0.3, 0.4) is 0 Å². The predicted octanol–water partition coefficient (Wildman–Crippen LogP) is 2.64. The van der Waals surface area contributed by atoms with E-state index in [2.05, 4.69) is 36.1 Å². The summed E-state index contributed by atoms with van der Waals surface area (Å²) < 4.78 is 5.78. The zero-order valence-electron chi connectivity index (χ0n) is 12.4. The Morgan fingerprint density at radius 1 is 1.20 bits per heavy atom. The van der Waals surface area contributed by atoms with Crippen LogP contribution in [-0.2, 0) is 6.54 Å². The van der Waals surface area contributed by atoms with E-state index in [9.17, 15) is 0 Å². The molecule has 0 radical (unpaired) electrons. The minimum atomic E-state index is 0.648. The maximum Gasteiger partial charge on any atom is 0.119 e. The number of benzene rings is 1. The van der Waals surface area contributed by atoms with Crippen molar-refractivity contribution in [1.82, 2.24) is 4.90 Å². The number of nitrogens with zero attached hydrogens (tertiary/aromatic N) is 1. The Bertz CT molecular complexity index is 427. The van der Waals surface area contributed by atoms with E-state index < -0.39 is 0 Å². The largest absolute Gasteiger partial charge is 0.493 e. The van der Waals surface area contributed by atoms with Crippen LogP contribution in [0.4, 0.5) is 0 Å². The van der Waals surface area contributed by atoms with Gasteiger partial charge in [0.15, 0.2) is 0 Å².